The van der Waals surface area contributed by atoms with Crippen molar-refractivity contribution in [3.63, 3.8) is 0 Å². The number of nitro groups is 1. The summed E-state index contributed by atoms with van der Waals surface area (Å²) >= 11 is 0. The number of pyridine rings is 1. The van der Waals surface area contributed by atoms with Gasteiger partial charge in [0, 0.05) is 6.20 Å². The van der Waals surface area contributed by atoms with E-state index in [4.69, 9.17) is 10.5 Å². The molecule has 0 spiro atoms. The number of hydrogen-bond acceptors (Lipinski definition) is 5. The molecular formula is C9H11N3O3. The van der Waals surface area contributed by atoms with Crippen LogP contribution in [0.2, 0.25) is 0 Å². The van der Waals surface area contributed by atoms with Gasteiger partial charge in [0.25, 0.3) is 0 Å². The average molecular weight is 209 g/mol. The molecule has 0 amide bonds. The van der Waals surface area contributed by atoms with E-state index in [9.17, 15) is 10.1 Å². The Morgan fingerprint density at radius 2 is 2.47 bits per heavy atom. The van der Waals surface area contributed by atoms with Crippen molar-refractivity contribution in [3.8, 4) is 0 Å². The summed E-state index contributed by atoms with van der Waals surface area (Å²) in [4.78, 5) is 14.0. The Hall–Kier alpha value is -2.11. The molecule has 0 aliphatic heterocycles. The maximum atomic E-state index is 10.7. The zero-order chi connectivity index (χ0) is 11.4. The molecule has 0 radical (unpaired) electrons. The van der Waals surface area contributed by atoms with Gasteiger partial charge in [-0.15, -0.1) is 0 Å². The molecule has 0 unspecified atom stereocenters. The van der Waals surface area contributed by atoms with Gasteiger partial charge in [-0.25, -0.2) is 4.98 Å². The molecule has 6 heteroatoms. The minimum absolute atomic E-state index is 0.0471. The quantitative estimate of drug-likeness (QED) is 0.461. The molecule has 2 N–H and O–H groups in total. The molecule has 1 aromatic heterocycles. The van der Waals surface area contributed by atoms with E-state index in [2.05, 4.69) is 11.6 Å². The minimum atomic E-state index is -0.595. The predicted octanol–water partition coefficient (Wildman–Crippen LogP) is 1.58. The number of aromatic nitrogens is 1. The predicted molar refractivity (Wildman–Crippen MR) is 56.0 cm³/mol. The number of nitrogens with zero attached hydrogens (tertiary/aromatic N) is 2. The van der Waals surface area contributed by atoms with Crippen molar-refractivity contribution in [2.45, 2.75) is 6.92 Å². The van der Waals surface area contributed by atoms with Crippen LogP contribution in [0.3, 0.4) is 0 Å². The molecule has 0 aliphatic carbocycles. The van der Waals surface area contributed by atoms with Crippen LogP contribution < -0.4 is 5.73 Å². The smallest absolute Gasteiger partial charge is 0.321 e. The van der Waals surface area contributed by atoms with Crippen molar-refractivity contribution in [1.29, 1.82) is 0 Å². The fourth-order valence-electron chi connectivity index (χ4n) is 1.11. The lowest BCUT2D eigenvalue weighted by Gasteiger charge is -2.07. The molecule has 0 atom stereocenters. The fraction of sp³-hybridized carbons (Fsp3) is 0.222. The van der Waals surface area contributed by atoms with Crippen molar-refractivity contribution in [2.24, 2.45) is 0 Å². The van der Waals surface area contributed by atoms with Gasteiger partial charge >= 0.3 is 5.69 Å². The van der Waals surface area contributed by atoms with E-state index >= 15 is 0 Å². The van der Waals surface area contributed by atoms with Gasteiger partial charge in [0.15, 0.2) is 5.69 Å². The normalized spacial score (nSPS) is 9.67. The molecule has 0 saturated heterocycles. The lowest BCUT2D eigenvalue weighted by molar-refractivity contribution is -0.384. The zero-order valence-corrected chi connectivity index (χ0v) is 8.27. The molecule has 0 fully saturated rings. The monoisotopic (exact) mass is 209 g/mol. The van der Waals surface area contributed by atoms with E-state index in [0.717, 1.165) is 0 Å². The van der Waals surface area contributed by atoms with Crippen molar-refractivity contribution in [1.82, 2.24) is 4.98 Å². The third-order valence-corrected chi connectivity index (χ3v) is 1.72. The van der Waals surface area contributed by atoms with Crippen LogP contribution in [0.5, 0.6) is 0 Å². The highest BCUT2D eigenvalue weighted by Gasteiger charge is 2.21. The Labute approximate surface area is 86.5 Å². The summed E-state index contributed by atoms with van der Waals surface area (Å²) in [5.41, 5.74) is 5.33. The first-order valence-electron chi connectivity index (χ1n) is 4.28. The van der Waals surface area contributed by atoms with Gasteiger partial charge < -0.3 is 10.5 Å². The SMILES string of the molecule is C=C(OCC)c1nccc(N)c1[N+](=O)[O-]. The standard InChI is InChI=1S/C9H11N3O3/c1-3-15-6(2)8-9(12(13)14)7(10)4-5-11-8/h4-5H,2-3H2,1H3,(H2,10,11). The second-order valence-electron chi connectivity index (χ2n) is 2.71. The summed E-state index contributed by atoms with van der Waals surface area (Å²) in [5.74, 6) is 0.150. The summed E-state index contributed by atoms with van der Waals surface area (Å²) in [6.07, 6.45) is 1.38. The maximum absolute atomic E-state index is 10.7. The summed E-state index contributed by atoms with van der Waals surface area (Å²) in [6.45, 7) is 5.67. The van der Waals surface area contributed by atoms with Gasteiger partial charge in [-0.2, -0.15) is 0 Å². The highest BCUT2D eigenvalue weighted by atomic mass is 16.6. The highest BCUT2D eigenvalue weighted by Crippen LogP contribution is 2.28. The van der Waals surface area contributed by atoms with Crippen LogP contribution in [-0.2, 0) is 4.74 Å². The van der Waals surface area contributed by atoms with Crippen LogP contribution in [0.4, 0.5) is 11.4 Å². The van der Waals surface area contributed by atoms with Gasteiger partial charge in [0.1, 0.15) is 11.4 Å². The molecule has 15 heavy (non-hydrogen) atoms. The molecule has 0 aliphatic rings. The number of ether oxygens (including phenoxy) is 1. The molecule has 0 bridgehead atoms. The van der Waals surface area contributed by atoms with E-state index in [1.54, 1.807) is 6.92 Å². The summed E-state index contributed by atoms with van der Waals surface area (Å²) < 4.78 is 5.06. The van der Waals surface area contributed by atoms with Crippen molar-refractivity contribution >= 4 is 17.1 Å². The van der Waals surface area contributed by atoms with Gasteiger partial charge in [-0.1, -0.05) is 6.58 Å². The summed E-state index contributed by atoms with van der Waals surface area (Å²) in [6, 6.07) is 1.36. The second kappa shape index (κ2) is 4.41. The van der Waals surface area contributed by atoms with Gasteiger partial charge in [-0.05, 0) is 13.0 Å². The molecular weight excluding hydrogens is 198 g/mol. The molecule has 6 nitrogen and oxygen atoms in total. The Morgan fingerprint density at radius 1 is 1.80 bits per heavy atom. The molecule has 0 saturated carbocycles. The first-order valence-corrected chi connectivity index (χ1v) is 4.28. The van der Waals surface area contributed by atoms with E-state index in [-0.39, 0.29) is 22.8 Å². The second-order valence-corrected chi connectivity index (χ2v) is 2.71. The number of rotatable bonds is 4. The first-order chi connectivity index (χ1) is 7.07. The van der Waals surface area contributed by atoms with Crippen LogP contribution in [0.15, 0.2) is 18.8 Å². The van der Waals surface area contributed by atoms with E-state index in [1.807, 2.05) is 0 Å². The van der Waals surface area contributed by atoms with Crippen LogP contribution in [-0.4, -0.2) is 16.5 Å². The topological polar surface area (TPSA) is 91.3 Å². The number of nitrogens with two attached hydrogens (primary N) is 1. The summed E-state index contributed by atoms with van der Waals surface area (Å²) in [5, 5.41) is 10.7. The Morgan fingerprint density at radius 3 is 3.00 bits per heavy atom. The average Bonchev–Trinajstić information content (AvgIpc) is 2.17. The Balaban J connectivity index is 3.23. The molecule has 1 heterocycles. The van der Waals surface area contributed by atoms with Crippen LogP contribution >= 0.6 is 0 Å². The lowest BCUT2D eigenvalue weighted by atomic mass is 10.2. The largest absolute Gasteiger partial charge is 0.492 e. The highest BCUT2D eigenvalue weighted by molar-refractivity contribution is 5.72. The Kier molecular flexibility index (Phi) is 3.22. The Bertz CT molecular complexity index is 404. The first kappa shape index (κ1) is 11.0. The molecule has 1 aromatic rings. The van der Waals surface area contributed by atoms with Crippen LogP contribution in [0.1, 0.15) is 12.6 Å². The van der Waals surface area contributed by atoms with Gasteiger partial charge in [0.05, 0.1) is 11.5 Å². The lowest BCUT2D eigenvalue weighted by Crippen LogP contribution is -2.03. The van der Waals surface area contributed by atoms with Crippen LogP contribution in [0.25, 0.3) is 5.76 Å². The third kappa shape index (κ3) is 2.22. The fourth-order valence-corrected chi connectivity index (χ4v) is 1.11. The van der Waals surface area contributed by atoms with Crippen LogP contribution in [0, 0.1) is 10.1 Å². The maximum Gasteiger partial charge on any atom is 0.321 e. The molecule has 80 valence electrons. The van der Waals surface area contributed by atoms with Gasteiger partial charge in [0.2, 0.25) is 0 Å². The number of hydrogen-bond donors (Lipinski definition) is 1. The molecule has 0 aromatic carbocycles. The van der Waals surface area contributed by atoms with E-state index in [1.165, 1.54) is 12.3 Å². The number of nitrogen functional groups attached to an aromatic ring is 1. The summed E-state index contributed by atoms with van der Waals surface area (Å²) in [7, 11) is 0. The third-order valence-electron chi connectivity index (χ3n) is 1.72. The van der Waals surface area contributed by atoms with Crippen molar-refractivity contribution in [3.05, 3.63) is 34.7 Å². The van der Waals surface area contributed by atoms with Crippen molar-refractivity contribution < 1.29 is 9.66 Å². The van der Waals surface area contributed by atoms with E-state index < -0.39 is 4.92 Å². The zero-order valence-electron chi connectivity index (χ0n) is 8.27. The molecule has 1 rings (SSSR count). The van der Waals surface area contributed by atoms with Gasteiger partial charge in [-0.3, -0.25) is 10.1 Å². The van der Waals surface area contributed by atoms with Crippen molar-refractivity contribution in [2.75, 3.05) is 12.3 Å². The van der Waals surface area contributed by atoms with E-state index in [0.29, 0.717) is 6.61 Å². The minimum Gasteiger partial charge on any atom is -0.492 e. The number of anilines is 1.